The van der Waals surface area contributed by atoms with Crippen LogP contribution in [0.1, 0.15) is 13.8 Å². The van der Waals surface area contributed by atoms with Crippen LogP contribution < -0.4 is 0 Å². The molecule has 3 aliphatic rings. The highest BCUT2D eigenvalue weighted by Gasteiger charge is 2.77. The fourth-order valence-corrected chi connectivity index (χ4v) is 2.46. The molecule has 0 unspecified atom stereocenters. The van der Waals surface area contributed by atoms with Crippen molar-refractivity contribution in [2.75, 3.05) is 13.1 Å². The monoisotopic (exact) mass is 179 g/mol. The highest BCUT2D eigenvalue weighted by molar-refractivity contribution is 7.51. The lowest BCUT2D eigenvalue weighted by atomic mass is 10.5. The summed E-state index contributed by atoms with van der Waals surface area (Å²) in [5.41, 5.74) is 0. The lowest BCUT2D eigenvalue weighted by Gasteiger charge is -2.58. The second-order valence-electron chi connectivity index (χ2n) is 2.42. The molecular weight excluding hydrogens is 169 g/mol. The van der Waals surface area contributed by atoms with Crippen molar-refractivity contribution in [1.82, 2.24) is 4.90 Å². The van der Waals surface area contributed by atoms with Gasteiger partial charge < -0.3 is 0 Å². The lowest BCUT2D eigenvalue weighted by molar-refractivity contribution is -0.490. The van der Waals surface area contributed by atoms with Crippen LogP contribution in [0.3, 0.4) is 0 Å². The summed E-state index contributed by atoms with van der Waals surface area (Å²) in [6.45, 7) is 5.40. The summed E-state index contributed by atoms with van der Waals surface area (Å²) in [4.78, 5) is 1.81. The van der Waals surface area contributed by atoms with Gasteiger partial charge in [0.2, 0.25) is 0 Å². The number of phosphoric acid groups is 1. The fraction of sp³-hybridized carbons (Fsp3) is 1.00. The predicted octanol–water partition coefficient (Wildman–Crippen LogP) is 1.12. The van der Waals surface area contributed by atoms with Gasteiger partial charge in [0, 0.05) is 13.1 Å². The molecule has 5 nitrogen and oxygen atoms in total. The maximum atomic E-state index is 10.8. The van der Waals surface area contributed by atoms with Crippen LogP contribution in [0.5, 0.6) is 0 Å². The van der Waals surface area contributed by atoms with Crippen LogP contribution >= 0.6 is 7.82 Å². The molecule has 0 saturated carbocycles. The van der Waals surface area contributed by atoms with Gasteiger partial charge in [-0.25, -0.2) is 23.0 Å². The van der Waals surface area contributed by atoms with Crippen molar-refractivity contribution in [3.05, 3.63) is 0 Å². The van der Waals surface area contributed by atoms with E-state index in [4.69, 9.17) is 13.6 Å². The van der Waals surface area contributed by atoms with Crippen molar-refractivity contribution in [2.45, 2.75) is 19.9 Å². The van der Waals surface area contributed by atoms with Crippen LogP contribution in [0.2, 0.25) is 0 Å². The maximum absolute atomic E-state index is 10.8. The van der Waals surface area contributed by atoms with E-state index in [0.29, 0.717) is 0 Å². The van der Waals surface area contributed by atoms with E-state index < -0.39 is 13.9 Å². The SMILES string of the molecule is CCN(CC)C12OP(=O)(O1)O2. The molecule has 3 rings (SSSR count). The molecule has 0 radical (unpaired) electrons. The summed E-state index contributed by atoms with van der Waals surface area (Å²) in [6, 6.07) is 0. The molecule has 6 heteroatoms. The minimum Gasteiger partial charge on any atom is -0.227 e. The number of phosphoric ester groups is 1. The number of hydrogen-bond donors (Lipinski definition) is 0. The second kappa shape index (κ2) is 2.06. The van der Waals surface area contributed by atoms with Crippen molar-refractivity contribution in [2.24, 2.45) is 0 Å². The summed E-state index contributed by atoms with van der Waals surface area (Å²) in [6.07, 6.45) is -1.08. The van der Waals surface area contributed by atoms with Crippen LogP contribution in [0, 0.1) is 0 Å². The Balaban J connectivity index is 2.02. The van der Waals surface area contributed by atoms with Gasteiger partial charge in [-0.3, -0.25) is 0 Å². The fourth-order valence-electron chi connectivity index (χ4n) is 1.23. The lowest BCUT2D eigenvalue weighted by Crippen LogP contribution is -2.67. The predicted molar refractivity (Wildman–Crippen MR) is 36.5 cm³/mol. The molecule has 3 fully saturated rings. The average Bonchev–Trinajstić information content (AvgIpc) is 1.84. The van der Waals surface area contributed by atoms with Crippen LogP contribution in [0.4, 0.5) is 0 Å². The van der Waals surface area contributed by atoms with E-state index in [2.05, 4.69) is 0 Å². The zero-order valence-electron chi connectivity index (χ0n) is 6.44. The molecule has 0 aromatic rings. The minimum absolute atomic E-state index is 0.747. The molecule has 0 aliphatic carbocycles. The van der Waals surface area contributed by atoms with E-state index in [0.717, 1.165) is 13.1 Å². The summed E-state index contributed by atoms with van der Waals surface area (Å²) in [5, 5.41) is 0. The van der Waals surface area contributed by atoms with Gasteiger partial charge in [0.1, 0.15) is 0 Å². The van der Waals surface area contributed by atoms with E-state index >= 15 is 0 Å². The molecular formula is C5H10NO4P. The highest BCUT2D eigenvalue weighted by atomic mass is 31.2. The first-order valence-electron chi connectivity index (χ1n) is 3.61. The van der Waals surface area contributed by atoms with Gasteiger partial charge in [-0.05, 0) is 0 Å². The van der Waals surface area contributed by atoms with Gasteiger partial charge in [-0.15, -0.1) is 0 Å². The Kier molecular flexibility index (Phi) is 1.44. The average molecular weight is 179 g/mol. The molecule has 0 N–H and O–H groups in total. The molecule has 3 saturated heterocycles. The number of rotatable bonds is 3. The topological polar surface area (TPSA) is 48.0 Å². The Labute approximate surface area is 64.8 Å². The molecule has 0 amide bonds. The quantitative estimate of drug-likeness (QED) is 0.607. The largest absolute Gasteiger partial charge is 0.491 e. The van der Waals surface area contributed by atoms with E-state index in [-0.39, 0.29) is 0 Å². The molecule has 3 aliphatic heterocycles. The normalized spacial score (nSPS) is 46.8. The number of nitrogens with zero attached hydrogens (tertiary/aromatic N) is 1. The molecule has 2 bridgehead atoms. The molecule has 0 atom stereocenters. The summed E-state index contributed by atoms with van der Waals surface area (Å²) in [7, 11) is -3.01. The van der Waals surface area contributed by atoms with Crippen molar-refractivity contribution < 1.29 is 18.1 Å². The standard InChI is InChI=1S/C5H10NO4P/c1-3-6(4-2)5-8-11(7,9-5)10-5/h3-4H2,1-2H3. The second-order valence-corrected chi connectivity index (χ2v) is 3.86. The Morgan fingerprint density at radius 3 is 2.00 bits per heavy atom. The minimum atomic E-state index is -3.01. The zero-order chi connectivity index (χ0) is 8.11. The molecule has 0 spiro atoms. The van der Waals surface area contributed by atoms with Crippen molar-refractivity contribution in [3.8, 4) is 0 Å². The third kappa shape index (κ3) is 0.832. The van der Waals surface area contributed by atoms with Crippen LogP contribution in [0.25, 0.3) is 0 Å². The summed E-state index contributed by atoms with van der Waals surface area (Å²) < 4.78 is 25.4. The highest BCUT2D eigenvalue weighted by Crippen LogP contribution is 2.80. The first kappa shape index (κ1) is 7.71. The molecule has 3 heterocycles. The van der Waals surface area contributed by atoms with Gasteiger partial charge >= 0.3 is 13.9 Å². The Bertz CT molecular complexity index is 200. The molecule has 11 heavy (non-hydrogen) atoms. The van der Waals surface area contributed by atoms with Gasteiger partial charge in [0.25, 0.3) is 0 Å². The van der Waals surface area contributed by atoms with Gasteiger partial charge in [-0.2, -0.15) is 0 Å². The maximum Gasteiger partial charge on any atom is 0.491 e. The van der Waals surface area contributed by atoms with Crippen molar-refractivity contribution >= 4 is 7.82 Å². The first-order chi connectivity index (χ1) is 5.14. The van der Waals surface area contributed by atoms with E-state index in [1.54, 1.807) is 0 Å². The van der Waals surface area contributed by atoms with Crippen LogP contribution in [0.15, 0.2) is 0 Å². The Morgan fingerprint density at radius 2 is 1.73 bits per heavy atom. The van der Waals surface area contributed by atoms with Crippen LogP contribution in [-0.2, 0) is 18.1 Å². The van der Waals surface area contributed by atoms with E-state index in [1.807, 2.05) is 18.7 Å². The van der Waals surface area contributed by atoms with Crippen molar-refractivity contribution in [3.63, 3.8) is 0 Å². The molecule has 0 aromatic heterocycles. The van der Waals surface area contributed by atoms with E-state index in [1.165, 1.54) is 0 Å². The third-order valence-corrected chi connectivity index (χ3v) is 3.20. The third-order valence-electron chi connectivity index (χ3n) is 1.83. The first-order valence-corrected chi connectivity index (χ1v) is 5.07. The summed E-state index contributed by atoms with van der Waals surface area (Å²) in [5.74, 6) is 0. The van der Waals surface area contributed by atoms with Gasteiger partial charge in [0.05, 0.1) is 0 Å². The van der Waals surface area contributed by atoms with E-state index in [9.17, 15) is 4.57 Å². The van der Waals surface area contributed by atoms with Gasteiger partial charge in [-0.1, -0.05) is 13.8 Å². The summed E-state index contributed by atoms with van der Waals surface area (Å²) >= 11 is 0. The van der Waals surface area contributed by atoms with Gasteiger partial charge in [0.15, 0.2) is 0 Å². The Morgan fingerprint density at radius 1 is 1.27 bits per heavy atom. The number of hydrogen-bond acceptors (Lipinski definition) is 5. The smallest absolute Gasteiger partial charge is 0.227 e. The molecule has 64 valence electrons. The molecule has 0 aromatic carbocycles. The van der Waals surface area contributed by atoms with Crippen LogP contribution in [-0.4, -0.2) is 24.1 Å². The Hall–Kier alpha value is 0.0700. The van der Waals surface area contributed by atoms with Crippen molar-refractivity contribution in [1.29, 1.82) is 0 Å². The zero-order valence-corrected chi connectivity index (χ0v) is 7.34.